The number of benzene rings is 1. The number of nitrogens with zero attached hydrogens (tertiary/aromatic N) is 1. The molecule has 6 heteroatoms. The molecule has 6 nitrogen and oxygen atoms in total. The summed E-state index contributed by atoms with van der Waals surface area (Å²) in [4.78, 5) is 27.1. The molecule has 28 heavy (non-hydrogen) atoms. The lowest BCUT2D eigenvalue weighted by Gasteiger charge is -2.37. The molecule has 0 saturated heterocycles. The van der Waals surface area contributed by atoms with Crippen LogP contribution in [-0.2, 0) is 16.1 Å². The molecule has 0 spiro atoms. The molecule has 0 aliphatic heterocycles. The highest BCUT2D eigenvalue weighted by Gasteiger charge is 2.31. The van der Waals surface area contributed by atoms with E-state index in [1.54, 1.807) is 4.57 Å². The van der Waals surface area contributed by atoms with Gasteiger partial charge in [0, 0.05) is 13.1 Å². The summed E-state index contributed by atoms with van der Waals surface area (Å²) in [5.41, 5.74) is 1.63. The Labute approximate surface area is 166 Å². The molecule has 1 amide bonds. The SMILES string of the molecule is CC(C)[C@H]1CC[C@H](C)C[C@@H]1OCC(=O)NCCCn1c(=O)[nH]c2ccccc21. The van der Waals surface area contributed by atoms with Crippen LogP contribution in [0.15, 0.2) is 29.1 Å². The van der Waals surface area contributed by atoms with Crippen LogP contribution < -0.4 is 11.0 Å². The maximum Gasteiger partial charge on any atom is 0.326 e. The third-order valence-electron chi connectivity index (χ3n) is 5.95. The zero-order chi connectivity index (χ0) is 20.1. The molecule has 0 bridgehead atoms. The summed E-state index contributed by atoms with van der Waals surface area (Å²) < 4.78 is 7.71. The topological polar surface area (TPSA) is 76.1 Å². The first-order valence-corrected chi connectivity index (χ1v) is 10.5. The molecule has 1 aliphatic carbocycles. The first-order valence-electron chi connectivity index (χ1n) is 10.5. The van der Waals surface area contributed by atoms with Gasteiger partial charge >= 0.3 is 5.69 Å². The van der Waals surface area contributed by atoms with Gasteiger partial charge in [-0.25, -0.2) is 4.79 Å². The summed E-state index contributed by atoms with van der Waals surface area (Å²) in [6.07, 6.45) is 4.36. The number of aromatic amines is 1. The lowest BCUT2D eigenvalue weighted by Crippen LogP contribution is -2.38. The molecule has 1 aromatic carbocycles. The lowest BCUT2D eigenvalue weighted by atomic mass is 9.75. The van der Waals surface area contributed by atoms with E-state index in [1.165, 1.54) is 12.8 Å². The van der Waals surface area contributed by atoms with Crippen LogP contribution in [0.2, 0.25) is 0 Å². The van der Waals surface area contributed by atoms with Crippen LogP contribution in [0.4, 0.5) is 0 Å². The highest BCUT2D eigenvalue weighted by Crippen LogP contribution is 2.35. The summed E-state index contributed by atoms with van der Waals surface area (Å²) in [6, 6.07) is 7.64. The minimum absolute atomic E-state index is 0.0768. The molecule has 1 fully saturated rings. The number of aryl methyl sites for hydroxylation is 1. The maximum absolute atomic E-state index is 12.2. The monoisotopic (exact) mass is 387 g/mol. The highest BCUT2D eigenvalue weighted by atomic mass is 16.5. The second kappa shape index (κ2) is 9.41. The number of H-pyrrole nitrogens is 1. The molecular formula is C22H33N3O3. The van der Waals surface area contributed by atoms with E-state index in [1.807, 2.05) is 24.3 Å². The smallest absolute Gasteiger partial charge is 0.326 e. The van der Waals surface area contributed by atoms with Crippen molar-refractivity contribution in [2.75, 3.05) is 13.2 Å². The zero-order valence-corrected chi connectivity index (χ0v) is 17.2. The van der Waals surface area contributed by atoms with E-state index in [9.17, 15) is 9.59 Å². The summed E-state index contributed by atoms with van der Waals surface area (Å²) >= 11 is 0. The van der Waals surface area contributed by atoms with E-state index in [0.29, 0.717) is 37.3 Å². The molecule has 0 unspecified atom stereocenters. The van der Waals surface area contributed by atoms with Crippen LogP contribution in [0.3, 0.4) is 0 Å². The fourth-order valence-electron chi connectivity index (χ4n) is 4.33. The number of para-hydroxylation sites is 2. The van der Waals surface area contributed by atoms with Crippen LogP contribution in [0.25, 0.3) is 11.0 Å². The number of carbonyl (C=O) groups is 1. The van der Waals surface area contributed by atoms with Crippen LogP contribution in [-0.4, -0.2) is 34.7 Å². The third-order valence-corrected chi connectivity index (χ3v) is 5.95. The summed E-state index contributed by atoms with van der Waals surface area (Å²) in [5.74, 6) is 1.71. The average molecular weight is 388 g/mol. The van der Waals surface area contributed by atoms with Gasteiger partial charge in [0.25, 0.3) is 0 Å². The fourth-order valence-corrected chi connectivity index (χ4v) is 4.33. The maximum atomic E-state index is 12.2. The minimum atomic E-state index is -0.109. The molecule has 1 heterocycles. The van der Waals surface area contributed by atoms with Crippen molar-refractivity contribution >= 4 is 16.9 Å². The summed E-state index contributed by atoms with van der Waals surface area (Å²) in [6.45, 7) is 7.96. The van der Waals surface area contributed by atoms with Gasteiger partial charge in [-0.15, -0.1) is 0 Å². The van der Waals surface area contributed by atoms with E-state index in [-0.39, 0.29) is 24.3 Å². The Morgan fingerprint density at radius 2 is 2.11 bits per heavy atom. The Balaban J connectivity index is 1.42. The Bertz CT molecular complexity index is 839. The summed E-state index contributed by atoms with van der Waals surface area (Å²) in [5, 5.41) is 2.92. The number of fused-ring (bicyclic) bond motifs is 1. The van der Waals surface area contributed by atoms with Crippen LogP contribution >= 0.6 is 0 Å². The standard InChI is InChI=1S/C22H33N3O3/c1-15(2)17-10-9-16(3)13-20(17)28-14-21(26)23-11-6-12-25-19-8-5-4-7-18(19)24-22(25)27/h4-5,7-8,15-17,20H,6,9-14H2,1-3H3,(H,23,26)(H,24,27)/t16-,17+,20-/m0/s1. The molecule has 1 aromatic heterocycles. The Kier molecular flexibility index (Phi) is 6.94. The van der Waals surface area contributed by atoms with Crippen molar-refractivity contribution in [2.24, 2.45) is 17.8 Å². The highest BCUT2D eigenvalue weighted by molar-refractivity contribution is 5.77. The number of amides is 1. The van der Waals surface area contributed by atoms with Gasteiger partial charge in [0.2, 0.25) is 5.91 Å². The van der Waals surface area contributed by atoms with Gasteiger partial charge in [0.1, 0.15) is 6.61 Å². The first-order chi connectivity index (χ1) is 13.5. The third kappa shape index (κ3) is 5.04. The fraction of sp³-hybridized carbons (Fsp3) is 0.636. The number of hydrogen-bond donors (Lipinski definition) is 2. The number of imidazole rings is 1. The number of hydrogen-bond acceptors (Lipinski definition) is 3. The Morgan fingerprint density at radius 1 is 1.32 bits per heavy atom. The number of nitrogens with one attached hydrogen (secondary N) is 2. The van der Waals surface area contributed by atoms with Crippen LogP contribution in [0.1, 0.15) is 46.5 Å². The van der Waals surface area contributed by atoms with Crippen molar-refractivity contribution in [3.8, 4) is 0 Å². The minimum Gasteiger partial charge on any atom is -0.368 e. The molecule has 3 rings (SSSR count). The van der Waals surface area contributed by atoms with Gasteiger partial charge in [-0.1, -0.05) is 39.3 Å². The van der Waals surface area contributed by atoms with Crippen molar-refractivity contribution in [1.29, 1.82) is 0 Å². The predicted octanol–water partition coefficient (Wildman–Crippen LogP) is 3.31. The van der Waals surface area contributed by atoms with E-state index in [2.05, 4.69) is 31.1 Å². The first kappa shape index (κ1) is 20.6. The average Bonchev–Trinajstić information content (AvgIpc) is 2.98. The quantitative estimate of drug-likeness (QED) is 0.682. The normalized spacial score (nSPS) is 22.6. The molecule has 2 N–H and O–H groups in total. The Morgan fingerprint density at radius 3 is 2.89 bits per heavy atom. The molecule has 3 atom stereocenters. The van der Waals surface area contributed by atoms with Crippen molar-refractivity contribution in [2.45, 2.75) is 59.1 Å². The van der Waals surface area contributed by atoms with Gasteiger partial charge in [0.05, 0.1) is 17.1 Å². The van der Waals surface area contributed by atoms with Crippen molar-refractivity contribution in [3.05, 3.63) is 34.7 Å². The van der Waals surface area contributed by atoms with Gasteiger partial charge in [-0.05, 0) is 49.1 Å². The van der Waals surface area contributed by atoms with Gasteiger partial charge in [0.15, 0.2) is 0 Å². The number of ether oxygens (including phenoxy) is 1. The van der Waals surface area contributed by atoms with Crippen LogP contribution in [0, 0.1) is 17.8 Å². The second-order valence-electron chi connectivity index (χ2n) is 8.48. The van der Waals surface area contributed by atoms with E-state index >= 15 is 0 Å². The van der Waals surface area contributed by atoms with Crippen molar-refractivity contribution in [1.82, 2.24) is 14.9 Å². The molecular weight excluding hydrogens is 354 g/mol. The lowest BCUT2D eigenvalue weighted by molar-refractivity contribution is -0.131. The zero-order valence-electron chi connectivity index (χ0n) is 17.2. The summed E-state index contributed by atoms with van der Waals surface area (Å²) in [7, 11) is 0. The predicted molar refractivity (Wildman–Crippen MR) is 111 cm³/mol. The van der Waals surface area contributed by atoms with Gasteiger partial charge in [-0.2, -0.15) is 0 Å². The van der Waals surface area contributed by atoms with Gasteiger partial charge < -0.3 is 15.0 Å². The molecule has 1 saturated carbocycles. The van der Waals surface area contributed by atoms with Crippen molar-refractivity contribution < 1.29 is 9.53 Å². The van der Waals surface area contributed by atoms with Gasteiger partial charge in [-0.3, -0.25) is 9.36 Å². The van der Waals surface area contributed by atoms with Crippen LogP contribution in [0.5, 0.6) is 0 Å². The number of carbonyl (C=O) groups excluding carboxylic acids is 1. The molecule has 154 valence electrons. The van der Waals surface area contributed by atoms with E-state index < -0.39 is 0 Å². The second-order valence-corrected chi connectivity index (χ2v) is 8.48. The Hall–Kier alpha value is -2.08. The van der Waals surface area contributed by atoms with E-state index in [4.69, 9.17) is 4.74 Å². The molecule has 1 aliphatic rings. The van der Waals surface area contributed by atoms with E-state index in [0.717, 1.165) is 17.5 Å². The molecule has 2 aromatic rings. The largest absolute Gasteiger partial charge is 0.368 e. The molecule has 0 radical (unpaired) electrons. The van der Waals surface area contributed by atoms with Crippen molar-refractivity contribution in [3.63, 3.8) is 0 Å². The number of rotatable bonds is 8. The number of aromatic nitrogens is 2.